The Morgan fingerprint density at radius 3 is 1.60 bits per heavy atom. The molecule has 0 unspecified atom stereocenters. The third kappa shape index (κ3) is 2.54. The fourth-order valence-corrected chi connectivity index (χ4v) is 2.18. The highest BCUT2D eigenvalue weighted by molar-refractivity contribution is 5.70. The van der Waals surface area contributed by atoms with Crippen LogP contribution in [0.1, 0.15) is 5.56 Å². The number of hydrogen-bond acceptors (Lipinski definition) is 2. The lowest BCUT2D eigenvalue weighted by Crippen LogP contribution is -1.88. The van der Waals surface area contributed by atoms with Crippen LogP contribution >= 0.6 is 0 Å². The normalized spacial score (nSPS) is 10.4. The van der Waals surface area contributed by atoms with Crippen LogP contribution in [0.2, 0.25) is 0 Å². The molecule has 0 amide bonds. The predicted molar refractivity (Wildman–Crippen MR) is 84.3 cm³/mol. The maximum absolute atomic E-state index is 5.61. The number of aryl methyl sites for hydroxylation is 1. The molecule has 0 fully saturated rings. The van der Waals surface area contributed by atoms with Crippen molar-refractivity contribution in [2.45, 2.75) is 6.92 Å². The Morgan fingerprint density at radius 2 is 1.10 bits per heavy atom. The van der Waals surface area contributed by atoms with E-state index in [4.69, 9.17) is 5.73 Å². The van der Waals surface area contributed by atoms with Gasteiger partial charge in [-0.15, -0.1) is 0 Å². The molecule has 0 atom stereocenters. The van der Waals surface area contributed by atoms with Crippen molar-refractivity contribution in [3.63, 3.8) is 0 Å². The van der Waals surface area contributed by atoms with Crippen LogP contribution in [0.4, 0.5) is 5.82 Å². The van der Waals surface area contributed by atoms with E-state index in [9.17, 15) is 0 Å². The molecule has 1 heterocycles. The Kier molecular flexibility index (Phi) is 3.21. The maximum Gasteiger partial charge on any atom is 0.123 e. The Bertz CT molecular complexity index is 631. The number of hydrogen-bond donors (Lipinski definition) is 1. The molecule has 0 aliphatic heterocycles. The maximum atomic E-state index is 5.61. The molecule has 0 bridgehead atoms. The summed E-state index contributed by atoms with van der Waals surface area (Å²) in [6, 6.07) is 20.9. The highest BCUT2D eigenvalue weighted by Crippen LogP contribution is 2.24. The summed E-state index contributed by atoms with van der Waals surface area (Å²) in [5.74, 6) is 0.546. The van der Waals surface area contributed by atoms with Crippen molar-refractivity contribution in [1.29, 1.82) is 0 Å². The summed E-state index contributed by atoms with van der Waals surface area (Å²) in [6.07, 6.45) is 1.80. The molecule has 2 nitrogen and oxygen atoms in total. The zero-order chi connectivity index (χ0) is 13.9. The molecule has 2 N–H and O–H groups in total. The Balaban J connectivity index is 1.91. The SMILES string of the molecule is Cc1ccc(-c2ccc(-c3ccc(N)nc3)cc2)cc1. The molecule has 0 saturated carbocycles. The molecule has 0 spiro atoms. The summed E-state index contributed by atoms with van der Waals surface area (Å²) in [7, 11) is 0. The van der Waals surface area contributed by atoms with Gasteiger partial charge in [0.05, 0.1) is 0 Å². The number of aromatic nitrogens is 1. The topological polar surface area (TPSA) is 38.9 Å². The van der Waals surface area contributed by atoms with E-state index in [0.29, 0.717) is 5.82 Å². The molecular weight excluding hydrogens is 244 g/mol. The third-order valence-corrected chi connectivity index (χ3v) is 3.39. The van der Waals surface area contributed by atoms with Crippen molar-refractivity contribution in [1.82, 2.24) is 4.98 Å². The number of pyridine rings is 1. The quantitative estimate of drug-likeness (QED) is 0.745. The van der Waals surface area contributed by atoms with E-state index < -0.39 is 0 Å². The van der Waals surface area contributed by atoms with Gasteiger partial charge in [-0.1, -0.05) is 54.1 Å². The van der Waals surface area contributed by atoms with E-state index in [1.165, 1.54) is 16.7 Å². The Labute approximate surface area is 118 Å². The van der Waals surface area contributed by atoms with Crippen LogP contribution in [0.5, 0.6) is 0 Å². The smallest absolute Gasteiger partial charge is 0.123 e. The van der Waals surface area contributed by atoms with Crippen molar-refractivity contribution in [3.05, 3.63) is 72.4 Å². The summed E-state index contributed by atoms with van der Waals surface area (Å²) in [4.78, 5) is 4.12. The van der Waals surface area contributed by atoms with E-state index >= 15 is 0 Å². The standard InChI is InChI=1S/C18H16N2/c1-13-2-4-14(5-3-13)15-6-8-16(9-7-15)17-10-11-18(19)20-12-17/h2-12H,1H3,(H2,19,20). The van der Waals surface area contributed by atoms with Gasteiger partial charge in [0.1, 0.15) is 5.82 Å². The summed E-state index contributed by atoms with van der Waals surface area (Å²) < 4.78 is 0. The van der Waals surface area contributed by atoms with E-state index in [0.717, 1.165) is 11.1 Å². The van der Waals surface area contributed by atoms with Crippen LogP contribution in [0, 0.1) is 6.92 Å². The first-order valence-electron chi connectivity index (χ1n) is 6.61. The van der Waals surface area contributed by atoms with Crippen LogP contribution in [0.15, 0.2) is 66.9 Å². The Morgan fingerprint density at radius 1 is 0.650 bits per heavy atom. The molecule has 2 heteroatoms. The molecule has 0 aliphatic carbocycles. The second-order valence-electron chi connectivity index (χ2n) is 4.92. The molecule has 0 radical (unpaired) electrons. The fourth-order valence-electron chi connectivity index (χ4n) is 2.18. The van der Waals surface area contributed by atoms with E-state index in [1.54, 1.807) is 6.20 Å². The largest absolute Gasteiger partial charge is 0.384 e. The number of anilines is 1. The lowest BCUT2D eigenvalue weighted by Gasteiger charge is -2.05. The highest BCUT2D eigenvalue weighted by atomic mass is 14.8. The zero-order valence-electron chi connectivity index (χ0n) is 11.4. The Hall–Kier alpha value is -2.61. The van der Waals surface area contributed by atoms with Crippen LogP contribution in [-0.2, 0) is 0 Å². The second kappa shape index (κ2) is 5.17. The van der Waals surface area contributed by atoms with Crippen LogP contribution in [0.25, 0.3) is 22.3 Å². The van der Waals surface area contributed by atoms with Crippen molar-refractivity contribution in [3.8, 4) is 22.3 Å². The van der Waals surface area contributed by atoms with Gasteiger partial charge in [-0.05, 0) is 35.7 Å². The molecule has 0 aliphatic rings. The summed E-state index contributed by atoms with van der Waals surface area (Å²) in [5.41, 5.74) is 11.6. The van der Waals surface area contributed by atoms with Gasteiger partial charge < -0.3 is 5.73 Å². The monoisotopic (exact) mass is 260 g/mol. The molecule has 98 valence electrons. The molecule has 2 aromatic carbocycles. The van der Waals surface area contributed by atoms with Crippen LogP contribution in [0.3, 0.4) is 0 Å². The average molecular weight is 260 g/mol. The average Bonchev–Trinajstić information content (AvgIpc) is 2.49. The molecule has 20 heavy (non-hydrogen) atoms. The first-order chi connectivity index (χ1) is 9.72. The number of benzene rings is 2. The van der Waals surface area contributed by atoms with E-state index in [1.807, 2.05) is 12.1 Å². The summed E-state index contributed by atoms with van der Waals surface area (Å²) in [6.45, 7) is 2.10. The van der Waals surface area contributed by atoms with Gasteiger partial charge in [-0.2, -0.15) is 0 Å². The van der Waals surface area contributed by atoms with Gasteiger partial charge in [0, 0.05) is 11.8 Å². The summed E-state index contributed by atoms with van der Waals surface area (Å²) >= 11 is 0. The number of nitrogens with zero attached hydrogens (tertiary/aromatic N) is 1. The van der Waals surface area contributed by atoms with Crippen molar-refractivity contribution in [2.24, 2.45) is 0 Å². The molecule has 3 rings (SSSR count). The minimum absolute atomic E-state index is 0.546. The predicted octanol–water partition coefficient (Wildman–Crippen LogP) is 4.31. The number of nitrogens with two attached hydrogens (primary N) is 1. The van der Waals surface area contributed by atoms with E-state index in [2.05, 4.69) is 60.4 Å². The first kappa shape index (κ1) is 12.4. The molecule has 1 aromatic heterocycles. The van der Waals surface area contributed by atoms with Gasteiger partial charge >= 0.3 is 0 Å². The van der Waals surface area contributed by atoms with E-state index in [-0.39, 0.29) is 0 Å². The lowest BCUT2D eigenvalue weighted by molar-refractivity contribution is 1.34. The van der Waals surface area contributed by atoms with Crippen molar-refractivity contribution < 1.29 is 0 Å². The minimum Gasteiger partial charge on any atom is -0.384 e. The zero-order valence-corrected chi connectivity index (χ0v) is 11.4. The minimum atomic E-state index is 0.546. The second-order valence-corrected chi connectivity index (χ2v) is 4.92. The highest BCUT2D eigenvalue weighted by Gasteiger charge is 2.00. The van der Waals surface area contributed by atoms with Gasteiger partial charge in [0.25, 0.3) is 0 Å². The number of nitrogen functional groups attached to an aromatic ring is 1. The van der Waals surface area contributed by atoms with Gasteiger partial charge in [-0.3, -0.25) is 0 Å². The first-order valence-corrected chi connectivity index (χ1v) is 6.61. The summed E-state index contributed by atoms with van der Waals surface area (Å²) in [5, 5.41) is 0. The molecule has 0 saturated heterocycles. The van der Waals surface area contributed by atoms with Gasteiger partial charge in [-0.25, -0.2) is 4.98 Å². The van der Waals surface area contributed by atoms with Crippen LogP contribution in [-0.4, -0.2) is 4.98 Å². The number of rotatable bonds is 2. The lowest BCUT2D eigenvalue weighted by atomic mass is 10.0. The molecular formula is C18H16N2. The van der Waals surface area contributed by atoms with Crippen LogP contribution < -0.4 is 5.73 Å². The van der Waals surface area contributed by atoms with Gasteiger partial charge in [0.15, 0.2) is 0 Å². The third-order valence-electron chi connectivity index (χ3n) is 3.39. The van der Waals surface area contributed by atoms with Gasteiger partial charge in [0.2, 0.25) is 0 Å². The van der Waals surface area contributed by atoms with Crippen molar-refractivity contribution >= 4 is 5.82 Å². The molecule has 3 aromatic rings. The fraction of sp³-hybridized carbons (Fsp3) is 0.0556. The van der Waals surface area contributed by atoms with Crippen molar-refractivity contribution in [2.75, 3.05) is 5.73 Å².